The lowest BCUT2D eigenvalue weighted by atomic mass is 10.2. The molecule has 2 heterocycles. The Morgan fingerprint density at radius 1 is 1.18 bits per heavy atom. The highest BCUT2D eigenvalue weighted by Gasteiger charge is 2.18. The number of carbonyl (C=O) groups is 1. The van der Waals surface area contributed by atoms with E-state index in [9.17, 15) is 4.79 Å². The molecule has 3 rings (SSSR count). The minimum atomic E-state index is 0.0912. The molecule has 0 saturated carbocycles. The summed E-state index contributed by atoms with van der Waals surface area (Å²) in [7, 11) is 1.63. The lowest BCUT2D eigenvalue weighted by Crippen LogP contribution is -2.31. The van der Waals surface area contributed by atoms with Crippen LogP contribution >= 0.6 is 11.8 Å². The van der Waals surface area contributed by atoms with Crippen molar-refractivity contribution in [1.82, 2.24) is 19.7 Å². The van der Waals surface area contributed by atoms with Gasteiger partial charge in [-0.2, -0.15) is 0 Å². The average Bonchev–Trinajstić information content (AvgIpc) is 3.38. The number of thioether (sulfide) groups is 1. The SMILES string of the molecule is CCN(CC)C(=O)CSc1nnc(-c2ccc(OC)cc2)n1Cc1ccco1. The van der Waals surface area contributed by atoms with E-state index in [-0.39, 0.29) is 5.91 Å². The average molecular weight is 401 g/mol. The van der Waals surface area contributed by atoms with Crippen molar-refractivity contribution in [2.45, 2.75) is 25.5 Å². The lowest BCUT2D eigenvalue weighted by molar-refractivity contribution is -0.127. The molecule has 0 spiro atoms. The number of hydrogen-bond acceptors (Lipinski definition) is 6. The van der Waals surface area contributed by atoms with Crippen LogP contribution in [0.3, 0.4) is 0 Å². The maximum atomic E-state index is 12.4. The summed E-state index contributed by atoms with van der Waals surface area (Å²) in [6.45, 7) is 5.85. The molecule has 0 atom stereocenters. The zero-order valence-corrected chi connectivity index (χ0v) is 17.1. The third kappa shape index (κ3) is 4.56. The van der Waals surface area contributed by atoms with Crippen LogP contribution in [0, 0.1) is 0 Å². The fraction of sp³-hybridized carbons (Fsp3) is 0.350. The van der Waals surface area contributed by atoms with Crippen molar-refractivity contribution < 1.29 is 13.9 Å². The van der Waals surface area contributed by atoms with Gasteiger partial charge in [0.2, 0.25) is 5.91 Å². The Morgan fingerprint density at radius 3 is 2.54 bits per heavy atom. The van der Waals surface area contributed by atoms with E-state index in [1.54, 1.807) is 13.4 Å². The molecule has 148 valence electrons. The van der Waals surface area contributed by atoms with Crippen molar-refractivity contribution in [3.05, 3.63) is 48.4 Å². The number of amides is 1. The highest BCUT2D eigenvalue weighted by Crippen LogP contribution is 2.27. The van der Waals surface area contributed by atoms with E-state index in [1.807, 2.05) is 59.7 Å². The zero-order chi connectivity index (χ0) is 19.9. The van der Waals surface area contributed by atoms with E-state index >= 15 is 0 Å². The second-order valence-electron chi connectivity index (χ2n) is 6.05. The molecule has 8 heteroatoms. The van der Waals surface area contributed by atoms with Gasteiger partial charge in [0.25, 0.3) is 0 Å². The number of rotatable bonds is 9. The highest BCUT2D eigenvalue weighted by molar-refractivity contribution is 7.99. The van der Waals surface area contributed by atoms with Gasteiger partial charge in [0.15, 0.2) is 11.0 Å². The Kier molecular flexibility index (Phi) is 6.76. The summed E-state index contributed by atoms with van der Waals surface area (Å²) in [5.41, 5.74) is 0.918. The second kappa shape index (κ2) is 9.45. The van der Waals surface area contributed by atoms with Gasteiger partial charge in [-0.3, -0.25) is 9.36 Å². The lowest BCUT2D eigenvalue weighted by Gasteiger charge is -2.18. The minimum Gasteiger partial charge on any atom is -0.497 e. The molecule has 28 heavy (non-hydrogen) atoms. The van der Waals surface area contributed by atoms with E-state index in [1.165, 1.54) is 11.8 Å². The third-order valence-electron chi connectivity index (χ3n) is 4.40. The van der Waals surface area contributed by atoms with Crippen molar-refractivity contribution in [3.8, 4) is 17.1 Å². The highest BCUT2D eigenvalue weighted by atomic mass is 32.2. The first kappa shape index (κ1) is 20.0. The first-order valence-corrected chi connectivity index (χ1v) is 10.1. The molecule has 0 unspecified atom stereocenters. The van der Waals surface area contributed by atoms with Crippen LogP contribution in [0.15, 0.2) is 52.2 Å². The van der Waals surface area contributed by atoms with Gasteiger partial charge in [-0.25, -0.2) is 0 Å². The van der Waals surface area contributed by atoms with E-state index < -0.39 is 0 Å². The van der Waals surface area contributed by atoms with Crippen LogP contribution in [-0.2, 0) is 11.3 Å². The van der Waals surface area contributed by atoms with Crippen LogP contribution in [0.25, 0.3) is 11.4 Å². The Labute approximate surface area is 168 Å². The standard InChI is InChI=1S/C20H24N4O3S/c1-4-23(5-2)18(25)14-28-20-22-21-19(15-8-10-16(26-3)11-9-15)24(20)13-17-7-6-12-27-17/h6-12H,4-5,13-14H2,1-3H3. The molecular weight excluding hydrogens is 376 g/mol. The number of ether oxygens (including phenoxy) is 1. The van der Waals surface area contributed by atoms with Gasteiger partial charge in [-0.15, -0.1) is 10.2 Å². The third-order valence-corrected chi connectivity index (χ3v) is 5.35. The summed E-state index contributed by atoms with van der Waals surface area (Å²) < 4.78 is 12.7. The molecule has 0 bridgehead atoms. The first-order chi connectivity index (χ1) is 13.7. The van der Waals surface area contributed by atoms with Crippen LogP contribution in [0.2, 0.25) is 0 Å². The molecule has 7 nitrogen and oxygen atoms in total. The molecule has 0 N–H and O–H groups in total. The van der Waals surface area contributed by atoms with Gasteiger partial charge in [0.1, 0.15) is 11.5 Å². The molecule has 0 aliphatic carbocycles. The van der Waals surface area contributed by atoms with Gasteiger partial charge < -0.3 is 14.1 Å². The Morgan fingerprint density at radius 2 is 1.93 bits per heavy atom. The molecule has 2 aromatic heterocycles. The van der Waals surface area contributed by atoms with Crippen molar-refractivity contribution in [2.24, 2.45) is 0 Å². The van der Waals surface area contributed by atoms with E-state index in [4.69, 9.17) is 9.15 Å². The molecule has 1 amide bonds. The number of carbonyl (C=O) groups excluding carboxylic acids is 1. The monoisotopic (exact) mass is 400 g/mol. The summed E-state index contributed by atoms with van der Waals surface area (Å²) in [5.74, 6) is 2.71. The molecular formula is C20H24N4O3S. The number of hydrogen-bond donors (Lipinski definition) is 0. The van der Waals surface area contributed by atoms with E-state index in [0.29, 0.717) is 30.5 Å². The fourth-order valence-corrected chi connectivity index (χ4v) is 3.68. The smallest absolute Gasteiger partial charge is 0.233 e. The van der Waals surface area contributed by atoms with Crippen LogP contribution in [-0.4, -0.2) is 51.5 Å². The summed E-state index contributed by atoms with van der Waals surface area (Å²) in [6.07, 6.45) is 1.64. The van der Waals surface area contributed by atoms with Crippen molar-refractivity contribution in [3.63, 3.8) is 0 Å². The van der Waals surface area contributed by atoms with Crippen molar-refractivity contribution >= 4 is 17.7 Å². The maximum Gasteiger partial charge on any atom is 0.233 e. The normalized spacial score (nSPS) is 10.8. The van der Waals surface area contributed by atoms with Gasteiger partial charge in [0.05, 0.1) is 25.7 Å². The Balaban J connectivity index is 1.86. The fourth-order valence-electron chi connectivity index (χ4n) is 2.84. The summed E-state index contributed by atoms with van der Waals surface area (Å²) in [6, 6.07) is 11.4. The number of aromatic nitrogens is 3. The van der Waals surface area contributed by atoms with Crippen LogP contribution in [0.4, 0.5) is 0 Å². The molecule has 0 radical (unpaired) electrons. The predicted molar refractivity (Wildman–Crippen MR) is 108 cm³/mol. The van der Waals surface area contributed by atoms with Crippen LogP contribution in [0.1, 0.15) is 19.6 Å². The molecule has 1 aromatic carbocycles. The molecule has 0 saturated heterocycles. The number of methoxy groups -OCH3 is 1. The van der Waals surface area contributed by atoms with Crippen LogP contribution in [0.5, 0.6) is 5.75 Å². The number of benzene rings is 1. The number of nitrogens with zero attached hydrogens (tertiary/aromatic N) is 4. The molecule has 0 aliphatic heterocycles. The quantitative estimate of drug-likeness (QED) is 0.512. The molecule has 0 aliphatic rings. The second-order valence-corrected chi connectivity index (χ2v) is 7.00. The van der Waals surface area contributed by atoms with E-state index in [0.717, 1.165) is 22.9 Å². The zero-order valence-electron chi connectivity index (χ0n) is 16.3. The van der Waals surface area contributed by atoms with Gasteiger partial charge in [-0.1, -0.05) is 11.8 Å². The van der Waals surface area contributed by atoms with Gasteiger partial charge >= 0.3 is 0 Å². The first-order valence-electron chi connectivity index (χ1n) is 9.16. The van der Waals surface area contributed by atoms with Crippen molar-refractivity contribution in [1.29, 1.82) is 0 Å². The summed E-state index contributed by atoms with van der Waals surface area (Å²) in [4.78, 5) is 14.2. The number of furan rings is 1. The predicted octanol–water partition coefficient (Wildman–Crippen LogP) is 3.56. The molecule has 0 fully saturated rings. The van der Waals surface area contributed by atoms with E-state index in [2.05, 4.69) is 10.2 Å². The van der Waals surface area contributed by atoms with Crippen molar-refractivity contribution in [2.75, 3.05) is 26.0 Å². The molecule has 3 aromatic rings. The topological polar surface area (TPSA) is 73.4 Å². The maximum absolute atomic E-state index is 12.4. The van der Waals surface area contributed by atoms with Gasteiger partial charge in [-0.05, 0) is 50.2 Å². The summed E-state index contributed by atoms with van der Waals surface area (Å²) in [5, 5.41) is 9.38. The Bertz CT molecular complexity index is 887. The summed E-state index contributed by atoms with van der Waals surface area (Å²) >= 11 is 1.39. The Hall–Kier alpha value is -2.74. The minimum absolute atomic E-state index is 0.0912. The largest absolute Gasteiger partial charge is 0.497 e. The van der Waals surface area contributed by atoms with Crippen LogP contribution < -0.4 is 4.74 Å². The van der Waals surface area contributed by atoms with Gasteiger partial charge in [0, 0.05) is 18.7 Å².